The molecule has 1 aromatic carbocycles. The number of hydrogen-bond donors (Lipinski definition) is 1. The van der Waals surface area contributed by atoms with Crippen molar-refractivity contribution in [3.8, 4) is 11.5 Å². The van der Waals surface area contributed by atoms with Crippen LogP contribution in [0.15, 0.2) is 18.3 Å². The van der Waals surface area contributed by atoms with Gasteiger partial charge in [0.15, 0.2) is 11.5 Å². The molecular weight excluding hydrogens is 280 g/mol. The number of ether oxygens (including phenoxy) is 2. The summed E-state index contributed by atoms with van der Waals surface area (Å²) in [6, 6.07) is 3.72. The zero-order valence-corrected chi connectivity index (χ0v) is 12.2. The van der Waals surface area contributed by atoms with Gasteiger partial charge in [0, 0.05) is 7.05 Å². The highest BCUT2D eigenvalue weighted by Gasteiger charge is 2.13. The molecule has 0 aliphatic carbocycles. The molecule has 2 aromatic rings. The number of aryl methyl sites for hydroxylation is 1. The molecule has 6 nitrogen and oxygen atoms in total. The highest BCUT2D eigenvalue weighted by Crippen LogP contribution is 2.36. The van der Waals surface area contributed by atoms with Crippen molar-refractivity contribution < 1.29 is 9.47 Å². The largest absolute Gasteiger partial charge is 0.493 e. The fourth-order valence-corrected chi connectivity index (χ4v) is 2.12. The Labute approximate surface area is 122 Å². The van der Waals surface area contributed by atoms with Crippen LogP contribution in [0.3, 0.4) is 0 Å². The summed E-state index contributed by atoms with van der Waals surface area (Å²) in [4.78, 5) is 0. The van der Waals surface area contributed by atoms with Crippen molar-refractivity contribution in [2.75, 3.05) is 13.7 Å². The molecule has 2 N–H and O–H groups in total. The van der Waals surface area contributed by atoms with Gasteiger partial charge in [-0.2, -0.15) is 0 Å². The second kappa shape index (κ2) is 6.58. The molecule has 0 saturated carbocycles. The fourth-order valence-electron chi connectivity index (χ4n) is 1.83. The summed E-state index contributed by atoms with van der Waals surface area (Å²) in [5, 5.41) is 8.29. The van der Waals surface area contributed by atoms with Crippen LogP contribution in [0.5, 0.6) is 11.5 Å². The average Bonchev–Trinajstić information content (AvgIpc) is 2.83. The van der Waals surface area contributed by atoms with E-state index in [0.29, 0.717) is 23.1 Å². The van der Waals surface area contributed by atoms with Crippen LogP contribution in [0.25, 0.3) is 0 Å². The second-order valence-corrected chi connectivity index (χ2v) is 4.73. The first-order chi connectivity index (χ1) is 9.63. The number of rotatable bonds is 6. The van der Waals surface area contributed by atoms with Gasteiger partial charge in [0.25, 0.3) is 0 Å². The van der Waals surface area contributed by atoms with Crippen molar-refractivity contribution >= 4 is 11.6 Å². The van der Waals surface area contributed by atoms with E-state index in [9.17, 15) is 0 Å². The first kappa shape index (κ1) is 14.6. The summed E-state index contributed by atoms with van der Waals surface area (Å²) in [5.74, 6) is 1.09. The molecule has 0 atom stereocenters. The quantitative estimate of drug-likeness (QED) is 0.875. The van der Waals surface area contributed by atoms with Crippen LogP contribution >= 0.6 is 11.6 Å². The van der Waals surface area contributed by atoms with E-state index in [1.54, 1.807) is 25.0 Å². The smallest absolute Gasteiger partial charge is 0.180 e. The van der Waals surface area contributed by atoms with E-state index in [4.69, 9.17) is 26.8 Å². The van der Waals surface area contributed by atoms with Crippen LogP contribution in [0, 0.1) is 0 Å². The summed E-state index contributed by atoms with van der Waals surface area (Å²) >= 11 is 6.23. The zero-order valence-electron chi connectivity index (χ0n) is 11.5. The highest BCUT2D eigenvalue weighted by molar-refractivity contribution is 6.32. The van der Waals surface area contributed by atoms with Gasteiger partial charge in [-0.05, 0) is 30.7 Å². The third-order valence-electron chi connectivity index (χ3n) is 2.74. The Morgan fingerprint density at radius 3 is 2.80 bits per heavy atom. The second-order valence-electron chi connectivity index (χ2n) is 4.32. The summed E-state index contributed by atoms with van der Waals surface area (Å²) in [6.45, 7) is 0.833. The third-order valence-corrected chi connectivity index (χ3v) is 3.02. The Morgan fingerprint density at radius 2 is 2.20 bits per heavy atom. The summed E-state index contributed by atoms with van der Waals surface area (Å²) < 4.78 is 12.6. The van der Waals surface area contributed by atoms with Crippen LogP contribution < -0.4 is 15.2 Å². The van der Waals surface area contributed by atoms with Crippen molar-refractivity contribution in [3.63, 3.8) is 0 Å². The fraction of sp³-hybridized carbons (Fsp3) is 0.385. The number of aromatic nitrogens is 3. The first-order valence-corrected chi connectivity index (χ1v) is 6.56. The number of hydrogen-bond acceptors (Lipinski definition) is 5. The standard InChI is InChI=1S/C13H17ClN4O2/c1-18-7-10(16-17-18)8-20-13-11(14)5-9(3-4-15)6-12(13)19-2/h5-7H,3-4,8,15H2,1-2H3. The Balaban J connectivity index is 2.17. The van der Waals surface area contributed by atoms with Crippen molar-refractivity contribution in [3.05, 3.63) is 34.6 Å². The maximum atomic E-state index is 6.23. The molecule has 2 rings (SSSR count). The van der Waals surface area contributed by atoms with Gasteiger partial charge in [-0.15, -0.1) is 5.10 Å². The van der Waals surface area contributed by atoms with Crippen LogP contribution in [0.1, 0.15) is 11.3 Å². The summed E-state index contributed by atoms with van der Waals surface area (Å²) in [7, 11) is 3.37. The Bertz CT molecular complexity index is 586. The molecule has 1 aromatic heterocycles. The van der Waals surface area contributed by atoms with E-state index in [-0.39, 0.29) is 6.61 Å². The molecule has 0 bridgehead atoms. The predicted molar refractivity (Wildman–Crippen MR) is 76.1 cm³/mol. The molecule has 0 fully saturated rings. The number of halogens is 1. The van der Waals surface area contributed by atoms with E-state index < -0.39 is 0 Å². The van der Waals surface area contributed by atoms with Crippen LogP contribution in [0.4, 0.5) is 0 Å². The van der Waals surface area contributed by atoms with Crippen molar-refractivity contribution in [1.82, 2.24) is 15.0 Å². The molecule has 0 unspecified atom stereocenters. The number of benzene rings is 1. The lowest BCUT2D eigenvalue weighted by atomic mass is 10.1. The molecule has 0 spiro atoms. The molecule has 0 amide bonds. The lowest BCUT2D eigenvalue weighted by molar-refractivity contribution is 0.280. The minimum absolute atomic E-state index is 0.278. The van der Waals surface area contributed by atoms with E-state index >= 15 is 0 Å². The van der Waals surface area contributed by atoms with Crippen LogP contribution in [-0.2, 0) is 20.1 Å². The topological polar surface area (TPSA) is 75.2 Å². The average molecular weight is 297 g/mol. The van der Waals surface area contributed by atoms with E-state index in [0.717, 1.165) is 17.7 Å². The van der Waals surface area contributed by atoms with E-state index in [2.05, 4.69) is 10.3 Å². The maximum absolute atomic E-state index is 6.23. The van der Waals surface area contributed by atoms with Gasteiger partial charge in [0.1, 0.15) is 12.3 Å². The number of nitrogens with two attached hydrogens (primary N) is 1. The van der Waals surface area contributed by atoms with Gasteiger partial charge >= 0.3 is 0 Å². The third kappa shape index (κ3) is 3.40. The molecular formula is C13H17ClN4O2. The van der Waals surface area contributed by atoms with Gasteiger partial charge in [-0.25, -0.2) is 0 Å². The van der Waals surface area contributed by atoms with E-state index in [1.165, 1.54) is 0 Å². The molecule has 20 heavy (non-hydrogen) atoms. The van der Waals surface area contributed by atoms with Crippen LogP contribution in [0.2, 0.25) is 5.02 Å². The molecule has 7 heteroatoms. The van der Waals surface area contributed by atoms with Crippen molar-refractivity contribution in [2.45, 2.75) is 13.0 Å². The Kier molecular flexibility index (Phi) is 4.81. The van der Waals surface area contributed by atoms with Gasteiger partial charge < -0.3 is 15.2 Å². The summed E-state index contributed by atoms with van der Waals surface area (Å²) in [5.41, 5.74) is 7.28. The maximum Gasteiger partial charge on any atom is 0.180 e. The van der Waals surface area contributed by atoms with Gasteiger partial charge in [0.2, 0.25) is 0 Å². The van der Waals surface area contributed by atoms with E-state index in [1.807, 2.05) is 12.1 Å². The minimum Gasteiger partial charge on any atom is -0.493 e. The molecule has 0 aliphatic rings. The van der Waals surface area contributed by atoms with Gasteiger partial charge in [-0.3, -0.25) is 4.68 Å². The zero-order chi connectivity index (χ0) is 14.5. The molecule has 0 aliphatic heterocycles. The van der Waals surface area contributed by atoms with Crippen LogP contribution in [-0.4, -0.2) is 28.6 Å². The molecule has 0 radical (unpaired) electrons. The monoisotopic (exact) mass is 296 g/mol. The van der Waals surface area contributed by atoms with Gasteiger partial charge in [0.05, 0.1) is 18.3 Å². The number of nitrogens with zero attached hydrogens (tertiary/aromatic N) is 3. The normalized spacial score (nSPS) is 10.6. The number of methoxy groups -OCH3 is 1. The molecule has 0 saturated heterocycles. The molecule has 1 heterocycles. The van der Waals surface area contributed by atoms with Crippen molar-refractivity contribution in [2.24, 2.45) is 12.8 Å². The summed E-state index contributed by atoms with van der Waals surface area (Å²) in [6.07, 6.45) is 2.52. The Hall–Kier alpha value is -1.79. The SMILES string of the molecule is COc1cc(CCN)cc(Cl)c1OCc1cn(C)nn1. The van der Waals surface area contributed by atoms with Crippen molar-refractivity contribution in [1.29, 1.82) is 0 Å². The molecule has 108 valence electrons. The Morgan fingerprint density at radius 1 is 1.40 bits per heavy atom. The first-order valence-electron chi connectivity index (χ1n) is 6.18. The lowest BCUT2D eigenvalue weighted by Crippen LogP contribution is -2.04. The predicted octanol–water partition coefficient (Wildman–Crippen LogP) is 1.56. The highest BCUT2D eigenvalue weighted by atomic mass is 35.5. The minimum atomic E-state index is 0.278. The van der Waals surface area contributed by atoms with Gasteiger partial charge in [-0.1, -0.05) is 16.8 Å². The lowest BCUT2D eigenvalue weighted by Gasteiger charge is -2.13.